The minimum absolute atomic E-state index is 0.199. The third kappa shape index (κ3) is 2.74. The molecule has 2 unspecified atom stereocenters. The number of carbonyl (C=O) groups is 1. The fraction of sp³-hybridized carbons (Fsp3) is 0.500. The number of hydrogen-bond donors (Lipinski definition) is 2. The average Bonchev–Trinajstić information content (AvgIpc) is 2.18. The summed E-state index contributed by atoms with van der Waals surface area (Å²) in [6, 6.07) is -0.202. The van der Waals surface area contributed by atoms with Crippen molar-refractivity contribution >= 4 is 11.9 Å². The summed E-state index contributed by atoms with van der Waals surface area (Å²) in [5, 5.41) is 9.73. The minimum Gasteiger partial charge on any atom is -0.327 e. The van der Waals surface area contributed by atoms with Gasteiger partial charge in [-0.15, -0.1) is 5.10 Å². The maximum atomic E-state index is 11.5. The van der Waals surface area contributed by atoms with Gasteiger partial charge in [0.1, 0.15) is 0 Å². The average molecular weight is 195 g/mol. The number of aromatic nitrogens is 3. The Morgan fingerprint density at radius 3 is 2.71 bits per heavy atom. The van der Waals surface area contributed by atoms with Gasteiger partial charge in [-0.1, -0.05) is 6.92 Å². The molecule has 1 rings (SSSR count). The zero-order valence-corrected chi connectivity index (χ0v) is 8.14. The molecule has 3 N–H and O–H groups in total. The van der Waals surface area contributed by atoms with Gasteiger partial charge in [-0.2, -0.15) is 5.10 Å². The molecule has 1 amide bonds. The van der Waals surface area contributed by atoms with Gasteiger partial charge >= 0.3 is 0 Å². The van der Waals surface area contributed by atoms with E-state index in [0.717, 1.165) is 0 Å². The highest BCUT2D eigenvalue weighted by Gasteiger charge is 2.17. The topological polar surface area (TPSA) is 93.8 Å². The van der Waals surface area contributed by atoms with Crippen LogP contribution in [0.1, 0.15) is 13.8 Å². The van der Waals surface area contributed by atoms with Crippen molar-refractivity contribution in [2.24, 2.45) is 11.7 Å². The van der Waals surface area contributed by atoms with Gasteiger partial charge in [-0.05, 0) is 6.92 Å². The van der Waals surface area contributed by atoms with Crippen molar-refractivity contribution in [1.29, 1.82) is 0 Å². The van der Waals surface area contributed by atoms with Crippen LogP contribution in [0.2, 0.25) is 0 Å². The number of nitrogens with zero attached hydrogens (tertiary/aromatic N) is 3. The van der Waals surface area contributed by atoms with Gasteiger partial charge in [0.2, 0.25) is 11.9 Å². The molecule has 1 aromatic rings. The summed E-state index contributed by atoms with van der Waals surface area (Å²) in [4.78, 5) is 15.3. The Balaban J connectivity index is 2.58. The minimum atomic E-state index is -0.279. The van der Waals surface area contributed by atoms with Gasteiger partial charge in [0, 0.05) is 6.04 Å². The van der Waals surface area contributed by atoms with Crippen molar-refractivity contribution in [1.82, 2.24) is 15.2 Å². The maximum absolute atomic E-state index is 11.5. The first-order valence-corrected chi connectivity index (χ1v) is 4.31. The van der Waals surface area contributed by atoms with Crippen molar-refractivity contribution in [2.45, 2.75) is 19.9 Å². The molecule has 2 atom stereocenters. The van der Waals surface area contributed by atoms with Gasteiger partial charge in [0.05, 0.1) is 18.3 Å². The lowest BCUT2D eigenvalue weighted by Crippen LogP contribution is -2.34. The standard InChI is InChI=1S/C8H13N5O/c1-5(6(2)9)7(14)12-8-10-3-4-11-13-8/h3-6H,9H2,1-2H3,(H,10,12,13,14). The highest BCUT2D eigenvalue weighted by Crippen LogP contribution is 2.03. The Bertz CT molecular complexity index is 300. The summed E-state index contributed by atoms with van der Waals surface area (Å²) >= 11 is 0. The van der Waals surface area contributed by atoms with E-state index in [1.807, 2.05) is 0 Å². The molecule has 0 bridgehead atoms. The Morgan fingerprint density at radius 2 is 2.21 bits per heavy atom. The number of rotatable bonds is 3. The third-order valence-corrected chi connectivity index (χ3v) is 1.92. The van der Waals surface area contributed by atoms with Gasteiger partial charge in [-0.3, -0.25) is 10.1 Å². The Hall–Kier alpha value is -1.56. The molecule has 0 fully saturated rings. The maximum Gasteiger partial charge on any atom is 0.249 e. The first-order valence-electron chi connectivity index (χ1n) is 4.31. The van der Waals surface area contributed by atoms with Crippen molar-refractivity contribution < 1.29 is 4.79 Å². The van der Waals surface area contributed by atoms with E-state index in [-0.39, 0.29) is 23.8 Å². The molecule has 14 heavy (non-hydrogen) atoms. The zero-order chi connectivity index (χ0) is 10.6. The molecule has 6 nitrogen and oxygen atoms in total. The lowest BCUT2D eigenvalue weighted by molar-refractivity contribution is -0.119. The molecular formula is C8H13N5O. The van der Waals surface area contributed by atoms with E-state index in [9.17, 15) is 4.79 Å². The second-order valence-electron chi connectivity index (χ2n) is 3.10. The summed E-state index contributed by atoms with van der Waals surface area (Å²) < 4.78 is 0. The molecule has 1 aromatic heterocycles. The Kier molecular flexibility index (Phi) is 3.47. The highest BCUT2D eigenvalue weighted by atomic mass is 16.2. The molecule has 0 aliphatic heterocycles. The Morgan fingerprint density at radius 1 is 1.50 bits per heavy atom. The zero-order valence-electron chi connectivity index (χ0n) is 8.14. The normalized spacial score (nSPS) is 14.5. The highest BCUT2D eigenvalue weighted by molar-refractivity contribution is 5.90. The fourth-order valence-corrected chi connectivity index (χ4v) is 0.768. The molecule has 76 valence electrons. The molecule has 6 heteroatoms. The SMILES string of the molecule is CC(N)C(C)C(=O)Nc1nccnn1. The second kappa shape index (κ2) is 4.61. The van der Waals surface area contributed by atoms with E-state index in [1.54, 1.807) is 13.8 Å². The van der Waals surface area contributed by atoms with Gasteiger partial charge in [0.15, 0.2) is 0 Å². The van der Waals surface area contributed by atoms with Crippen LogP contribution in [0.15, 0.2) is 12.4 Å². The summed E-state index contributed by atoms with van der Waals surface area (Å²) in [6.45, 7) is 3.52. The lowest BCUT2D eigenvalue weighted by Gasteiger charge is -2.13. The van der Waals surface area contributed by atoms with Crippen LogP contribution in [0.3, 0.4) is 0 Å². The van der Waals surface area contributed by atoms with Crippen molar-refractivity contribution in [2.75, 3.05) is 5.32 Å². The number of nitrogens with one attached hydrogen (secondary N) is 1. The summed E-state index contributed by atoms with van der Waals surface area (Å²) in [7, 11) is 0. The molecule has 0 radical (unpaired) electrons. The predicted octanol–water partition coefficient (Wildman–Crippen LogP) is -0.207. The van der Waals surface area contributed by atoms with Crippen molar-refractivity contribution in [3.05, 3.63) is 12.4 Å². The van der Waals surface area contributed by atoms with Gasteiger partial charge in [0.25, 0.3) is 0 Å². The van der Waals surface area contributed by atoms with E-state index in [1.165, 1.54) is 12.4 Å². The number of hydrogen-bond acceptors (Lipinski definition) is 5. The van der Waals surface area contributed by atoms with E-state index in [4.69, 9.17) is 5.73 Å². The van der Waals surface area contributed by atoms with Gasteiger partial charge < -0.3 is 5.73 Å². The van der Waals surface area contributed by atoms with Crippen LogP contribution in [-0.2, 0) is 4.79 Å². The lowest BCUT2D eigenvalue weighted by atomic mass is 10.0. The van der Waals surface area contributed by atoms with Crippen LogP contribution < -0.4 is 11.1 Å². The van der Waals surface area contributed by atoms with Crippen LogP contribution in [0.4, 0.5) is 5.95 Å². The summed E-state index contributed by atoms with van der Waals surface area (Å²) in [6.07, 6.45) is 2.89. The molecule has 1 heterocycles. The summed E-state index contributed by atoms with van der Waals surface area (Å²) in [5.74, 6) is -0.281. The molecule has 0 saturated heterocycles. The predicted molar refractivity (Wildman–Crippen MR) is 51.3 cm³/mol. The fourth-order valence-electron chi connectivity index (χ4n) is 0.768. The Labute approximate surface area is 81.9 Å². The van der Waals surface area contributed by atoms with E-state index in [2.05, 4.69) is 20.5 Å². The second-order valence-corrected chi connectivity index (χ2v) is 3.10. The van der Waals surface area contributed by atoms with Crippen LogP contribution >= 0.6 is 0 Å². The van der Waals surface area contributed by atoms with Crippen molar-refractivity contribution in [3.8, 4) is 0 Å². The summed E-state index contributed by atoms with van der Waals surface area (Å²) in [5.41, 5.74) is 5.57. The van der Waals surface area contributed by atoms with E-state index < -0.39 is 0 Å². The molecular weight excluding hydrogens is 182 g/mol. The largest absolute Gasteiger partial charge is 0.327 e. The first kappa shape index (κ1) is 10.5. The smallest absolute Gasteiger partial charge is 0.249 e. The quantitative estimate of drug-likeness (QED) is 0.696. The van der Waals surface area contributed by atoms with Crippen LogP contribution in [0.25, 0.3) is 0 Å². The third-order valence-electron chi connectivity index (χ3n) is 1.92. The van der Waals surface area contributed by atoms with Gasteiger partial charge in [-0.25, -0.2) is 4.98 Å². The number of nitrogens with two attached hydrogens (primary N) is 1. The first-order chi connectivity index (χ1) is 6.61. The van der Waals surface area contributed by atoms with Crippen LogP contribution in [0.5, 0.6) is 0 Å². The number of anilines is 1. The number of carbonyl (C=O) groups excluding carboxylic acids is 1. The monoisotopic (exact) mass is 195 g/mol. The number of amides is 1. The molecule has 0 aliphatic carbocycles. The molecule has 0 aliphatic rings. The van der Waals surface area contributed by atoms with Crippen LogP contribution in [-0.4, -0.2) is 27.1 Å². The molecule has 0 spiro atoms. The van der Waals surface area contributed by atoms with Crippen LogP contribution in [0, 0.1) is 5.92 Å². The molecule has 0 saturated carbocycles. The van der Waals surface area contributed by atoms with Crippen molar-refractivity contribution in [3.63, 3.8) is 0 Å². The molecule has 0 aromatic carbocycles. The van der Waals surface area contributed by atoms with E-state index in [0.29, 0.717) is 0 Å². The van der Waals surface area contributed by atoms with E-state index >= 15 is 0 Å².